The van der Waals surface area contributed by atoms with Gasteiger partial charge in [0.1, 0.15) is 0 Å². The first kappa shape index (κ1) is 11.2. The molecule has 16 heavy (non-hydrogen) atoms. The number of rotatable bonds is 4. The van der Waals surface area contributed by atoms with Gasteiger partial charge in [0, 0.05) is 5.92 Å². The van der Waals surface area contributed by atoms with E-state index >= 15 is 0 Å². The third kappa shape index (κ3) is 1.63. The Morgan fingerprint density at radius 1 is 1.25 bits per heavy atom. The van der Waals surface area contributed by atoms with E-state index in [1.165, 1.54) is 36.0 Å². The van der Waals surface area contributed by atoms with Crippen molar-refractivity contribution in [2.24, 2.45) is 0 Å². The number of hydrogen-bond acceptors (Lipinski definition) is 0. The van der Waals surface area contributed by atoms with Crippen molar-refractivity contribution in [2.75, 3.05) is 0 Å². The van der Waals surface area contributed by atoms with Crippen molar-refractivity contribution in [3.63, 3.8) is 0 Å². The van der Waals surface area contributed by atoms with Gasteiger partial charge in [0.15, 0.2) is 0 Å². The molecule has 0 bridgehead atoms. The fourth-order valence-corrected chi connectivity index (χ4v) is 2.88. The molecule has 0 aliphatic heterocycles. The Labute approximate surface area is 98.7 Å². The summed E-state index contributed by atoms with van der Waals surface area (Å²) in [5, 5.41) is 0. The maximum absolute atomic E-state index is 3.98. The van der Waals surface area contributed by atoms with Crippen LogP contribution in [-0.4, -0.2) is 0 Å². The van der Waals surface area contributed by atoms with Gasteiger partial charge >= 0.3 is 0 Å². The highest BCUT2D eigenvalue weighted by molar-refractivity contribution is 5.84. The van der Waals surface area contributed by atoms with E-state index in [1.807, 2.05) is 6.08 Å². The van der Waals surface area contributed by atoms with Gasteiger partial charge in [0.05, 0.1) is 0 Å². The summed E-state index contributed by atoms with van der Waals surface area (Å²) in [4.78, 5) is 0. The third-order valence-corrected chi connectivity index (χ3v) is 3.52. The molecule has 2 rings (SSSR count). The molecular weight excluding hydrogens is 192 g/mol. The van der Waals surface area contributed by atoms with E-state index in [2.05, 4.69) is 44.7 Å². The van der Waals surface area contributed by atoms with Gasteiger partial charge in [-0.05, 0) is 29.5 Å². The second kappa shape index (κ2) is 4.69. The number of allylic oxidation sites excluding steroid dienone is 3. The zero-order valence-corrected chi connectivity index (χ0v) is 10.3. The van der Waals surface area contributed by atoms with Crippen LogP contribution in [0.2, 0.25) is 0 Å². The van der Waals surface area contributed by atoms with E-state index in [-0.39, 0.29) is 0 Å². The third-order valence-electron chi connectivity index (χ3n) is 3.52. The van der Waals surface area contributed by atoms with Crippen molar-refractivity contribution >= 4 is 5.57 Å². The number of benzene rings is 1. The van der Waals surface area contributed by atoms with Gasteiger partial charge in [-0.25, -0.2) is 0 Å². The van der Waals surface area contributed by atoms with Gasteiger partial charge in [0.25, 0.3) is 0 Å². The molecular formula is C16H20. The molecule has 1 aromatic rings. The van der Waals surface area contributed by atoms with E-state index in [0.717, 1.165) is 0 Å². The van der Waals surface area contributed by atoms with Crippen molar-refractivity contribution in [3.8, 4) is 0 Å². The van der Waals surface area contributed by atoms with Crippen molar-refractivity contribution in [1.29, 1.82) is 0 Å². The predicted octanol–water partition coefficient (Wildman–Crippen LogP) is 4.93. The molecule has 0 nitrogen and oxygen atoms in total. The van der Waals surface area contributed by atoms with Crippen LogP contribution in [-0.2, 0) is 0 Å². The minimum absolute atomic E-state index is 0.629. The van der Waals surface area contributed by atoms with Crippen LogP contribution < -0.4 is 0 Å². The van der Waals surface area contributed by atoms with E-state index < -0.39 is 0 Å². The monoisotopic (exact) mass is 212 g/mol. The minimum Gasteiger partial charge on any atom is -0.0984 e. The van der Waals surface area contributed by atoms with Crippen LogP contribution in [0, 0.1) is 0 Å². The van der Waals surface area contributed by atoms with Crippen LogP contribution in [0.1, 0.15) is 50.2 Å². The highest BCUT2D eigenvalue weighted by Crippen LogP contribution is 2.45. The van der Waals surface area contributed by atoms with E-state index in [1.54, 1.807) is 5.57 Å². The Kier molecular flexibility index (Phi) is 3.28. The van der Waals surface area contributed by atoms with Crippen molar-refractivity contribution in [3.05, 3.63) is 53.6 Å². The van der Waals surface area contributed by atoms with Crippen LogP contribution in [0.15, 0.2) is 42.5 Å². The lowest BCUT2D eigenvalue weighted by molar-refractivity contribution is 0.721. The summed E-state index contributed by atoms with van der Waals surface area (Å²) in [6.45, 7) is 8.52. The van der Waals surface area contributed by atoms with Gasteiger partial charge in [-0.15, -0.1) is 0 Å². The summed E-state index contributed by atoms with van der Waals surface area (Å²) in [5.41, 5.74) is 5.90. The molecule has 0 aromatic heterocycles. The Hall–Kier alpha value is -1.30. The normalized spacial score (nSPS) is 18.8. The standard InChI is InChI=1S/C16H20/c1-4-9-14-12(5-2)15-10-7-8-11-16(15)13(14)6-3/h5,7-8,10-11,13H,2,4,6,9H2,1,3H3. The van der Waals surface area contributed by atoms with Gasteiger partial charge in [-0.2, -0.15) is 0 Å². The SMILES string of the molecule is C=CC1=C(CCC)C(CC)c2ccccc21. The number of fused-ring (bicyclic) bond motifs is 1. The molecule has 0 spiro atoms. The highest BCUT2D eigenvalue weighted by atomic mass is 14.3. The van der Waals surface area contributed by atoms with Gasteiger partial charge < -0.3 is 0 Å². The smallest absolute Gasteiger partial charge is 0.00609 e. The topological polar surface area (TPSA) is 0 Å². The summed E-state index contributed by atoms with van der Waals surface area (Å²) in [6.07, 6.45) is 5.66. The Balaban J connectivity index is 2.54. The second-order valence-corrected chi connectivity index (χ2v) is 4.44. The summed E-state index contributed by atoms with van der Waals surface area (Å²) in [7, 11) is 0. The fourth-order valence-electron chi connectivity index (χ4n) is 2.88. The quantitative estimate of drug-likeness (QED) is 0.663. The molecule has 1 atom stereocenters. The largest absolute Gasteiger partial charge is 0.0984 e. The molecule has 0 N–H and O–H groups in total. The molecule has 0 saturated heterocycles. The van der Waals surface area contributed by atoms with Gasteiger partial charge in [-0.3, -0.25) is 0 Å². The molecule has 0 fully saturated rings. The lowest BCUT2D eigenvalue weighted by Gasteiger charge is -2.13. The van der Waals surface area contributed by atoms with Gasteiger partial charge in [0.2, 0.25) is 0 Å². The van der Waals surface area contributed by atoms with E-state index in [9.17, 15) is 0 Å². The molecule has 0 radical (unpaired) electrons. The average molecular weight is 212 g/mol. The van der Waals surface area contributed by atoms with Crippen molar-refractivity contribution in [1.82, 2.24) is 0 Å². The molecule has 0 heterocycles. The Bertz CT molecular complexity index is 423. The molecule has 0 saturated carbocycles. The molecule has 84 valence electrons. The van der Waals surface area contributed by atoms with Crippen LogP contribution in [0.5, 0.6) is 0 Å². The lowest BCUT2D eigenvalue weighted by atomic mass is 9.91. The van der Waals surface area contributed by atoms with Gasteiger partial charge in [-0.1, -0.05) is 62.8 Å². The van der Waals surface area contributed by atoms with Crippen molar-refractivity contribution in [2.45, 2.75) is 39.0 Å². The lowest BCUT2D eigenvalue weighted by Crippen LogP contribution is -1.97. The zero-order chi connectivity index (χ0) is 11.5. The molecule has 0 heteroatoms. The summed E-state index contributed by atoms with van der Waals surface area (Å²) < 4.78 is 0. The van der Waals surface area contributed by atoms with Crippen LogP contribution in [0.4, 0.5) is 0 Å². The first-order valence-electron chi connectivity index (χ1n) is 6.28. The Morgan fingerprint density at radius 2 is 2.00 bits per heavy atom. The highest BCUT2D eigenvalue weighted by Gasteiger charge is 2.27. The summed E-state index contributed by atoms with van der Waals surface area (Å²) in [5.74, 6) is 0.629. The van der Waals surface area contributed by atoms with E-state index in [0.29, 0.717) is 5.92 Å². The van der Waals surface area contributed by atoms with Crippen molar-refractivity contribution < 1.29 is 0 Å². The molecule has 1 aromatic carbocycles. The maximum atomic E-state index is 3.98. The zero-order valence-electron chi connectivity index (χ0n) is 10.3. The molecule has 1 unspecified atom stereocenters. The predicted molar refractivity (Wildman–Crippen MR) is 71.5 cm³/mol. The number of hydrogen-bond donors (Lipinski definition) is 0. The Morgan fingerprint density at radius 3 is 2.62 bits per heavy atom. The molecule has 1 aliphatic rings. The van der Waals surface area contributed by atoms with Crippen LogP contribution in [0.25, 0.3) is 5.57 Å². The van der Waals surface area contributed by atoms with Crippen LogP contribution >= 0.6 is 0 Å². The first-order valence-corrected chi connectivity index (χ1v) is 6.28. The second-order valence-electron chi connectivity index (χ2n) is 4.44. The molecule has 1 aliphatic carbocycles. The van der Waals surface area contributed by atoms with Crippen LogP contribution in [0.3, 0.4) is 0 Å². The maximum Gasteiger partial charge on any atom is 0.00609 e. The summed E-state index contributed by atoms with van der Waals surface area (Å²) >= 11 is 0. The summed E-state index contributed by atoms with van der Waals surface area (Å²) in [6, 6.07) is 8.79. The first-order chi connectivity index (χ1) is 7.83. The average Bonchev–Trinajstić information content (AvgIpc) is 2.62. The minimum atomic E-state index is 0.629. The fraction of sp³-hybridized carbons (Fsp3) is 0.375. The molecule has 0 amide bonds. The van der Waals surface area contributed by atoms with E-state index in [4.69, 9.17) is 0 Å².